The van der Waals surface area contributed by atoms with Crippen molar-refractivity contribution in [1.29, 1.82) is 0 Å². The SMILES string of the molecule is COC(=O)CC[C@H](NC(=O)c1ccc(N(C)Cc2cnc3nc(NCc4ccc(B(O)O)cc4)nc(N)c3n2)cc1)C(=O)OC. The number of aromatic nitrogens is 4. The molecule has 0 aliphatic rings. The van der Waals surface area contributed by atoms with Crippen LogP contribution in [0.3, 0.4) is 0 Å². The van der Waals surface area contributed by atoms with E-state index in [-0.39, 0.29) is 24.6 Å². The largest absolute Gasteiger partial charge is 0.488 e. The zero-order chi connectivity index (χ0) is 32.5. The normalized spacial score (nSPS) is 11.4. The second-order valence-corrected chi connectivity index (χ2v) is 10.0. The number of ether oxygens (including phenoxy) is 2. The fraction of sp³-hybridized carbons (Fsp3) is 0.276. The third-order valence-corrected chi connectivity index (χ3v) is 6.84. The number of nitrogens with two attached hydrogens (primary N) is 1. The van der Waals surface area contributed by atoms with E-state index < -0.39 is 31.0 Å². The summed E-state index contributed by atoms with van der Waals surface area (Å²) in [5, 5.41) is 24.2. The molecule has 0 aliphatic carbocycles. The molecule has 0 unspecified atom stereocenters. The van der Waals surface area contributed by atoms with Crippen LogP contribution in [0.25, 0.3) is 11.2 Å². The number of rotatable bonds is 13. The van der Waals surface area contributed by atoms with Crippen LogP contribution in [0.2, 0.25) is 0 Å². The molecule has 1 atom stereocenters. The Hall–Kier alpha value is -5.35. The molecule has 2 heterocycles. The molecule has 0 spiro atoms. The summed E-state index contributed by atoms with van der Waals surface area (Å²) in [6, 6.07) is 12.5. The first-order chi connectivity index (χ1) is 21.6. The Balaban J connectivity index is 1.37. The molecule has 16 heteroatoms. The van der Waals surface area contributed by atoms with E-state index in [0.29, 0.717) is 41.0 Å². The fourth-order valence-electron chi connectivity index (χ4n) is 4.31. The van der Waals surface area contributed by atoms with Gasteiger partial charge < -0.3 is 40.8 Å². The Kier molecular flexibility index (Phi) is 10.8. The van der Waals surface area contributed by atoms with E-state index in [4.69, 9.17) is 10.5 Å². The van der Waals surface area contributed by atoms with Gasteiger partial charge in [0.05, 0.1) is 32.7 Å². The lowest BCUT2D eigenvalue weighted by Gasteiger charge is -2.20. The molecule has 4 rings (SSSR count). The number of fused-ring (bicyclic) bond motifs is 1. The quantitative estimate of drug-likeness (QED) is 0.0999. The highest BCUT2D eigenvalue weighted by Gasteiger charge is 2.23. The summed E-state index contributed by atoms with van der Waals surface area (Å²) in [5.74, 6) is -1.22. The number of benzene rings is 2. The minimum atomic E-state index is -1.53. The monoisotopic (exact) mass is 616 g/mol. The molecule has 15 nitrogen and oxygen atoms in total. The van der Waals surface area contributed by atoms with Crippen LogP contribution >= 0.6 is 0 Å². The summed E-state index contributed by atoms with van der Waals surface area (Å²) < 4.78 is 9.35. The number of nitrogens with one attached hydrogen (secondary N) is 2. The van der Waals surface area contributed by atoms with E-state index in [2.05, 4.69) is 35.3 Å². The van der Waals surface area contributed by atoms with E-state index >= 15 is 0 Å². The Bertz CT molecular complexity index is 1660. The molecule has 6 N–H and O–H groups in total. The summed E-state index contributed by atoms with van der Waals surface area (Å²) in [5.41, 5.74) is 9.84. The van der Waals surface area contributed by atoms with E-state index in [0.717, 1.165) is 11.3 Å². The van der Waals surface area contributed by atoms with E-state index in [9.17, 15) is 24.4 Å². The molecule has 2 aromatic carbocycles. The molecule has 234 valence electrons. The molecule has 4 aromatic rings. The average Bonchev–Trinajstić information content (AvgIpc) is 3.05. The topological polar surface area (TPSA) is 215 Å². The molecule has 1 amide bonds. The van der Waals surface area contributed by atoms with Crippen molar-refractivity contribution < 1.29 is 33.9 Å². The number of carbonyl (C=O) groups excluding carboxylic acids is 3. The van der Waals surface area contributed by atoms with Gasteiger partial charge in [-0.3, -0.25) is 9.59 Å². The number of nitrogen functional groups attached to an aromatic ring is 1. The number of esters is 2. The highest BCUT2D eigenvalue weighted by Crippen LogP contribution is 2.20. The maximum absolute atomic E-state index is 12.8. The zero-order valence-corrected chi connectivity index (χ0v) is 24.9. The van der Waals surface area contributed by atoms with Crippen molar-refractivity contribution in [2.45, 2.75) is 32.0 Å². The van der Waals surface area contributed by atoms with Crippen LogP contribution < -0.4 is 26.7 Å². The van der Waals surface area contributed by atoms with E-state index in [1.807, 2.05) is 11.9 Å². The minimum absolute atomic E-state index is 0.0407. The van der Waals surface area contributed by atoms with Gasteiger partial charge in [0.15, 0.2) is 17.0 Å². The van der Waals surface area contributed by atoms with Crippen molar-refractivity contribution in [1.82, 2.24) is 25.3 Å². The summed E-state index contributed by atoms with van der Waals surface area (Å²) >= 11 is 0. The van der Waals surface area contributed by atoms with Crippen LogP contribution in [-0.2, 0) is 32.2 Å². The lowest BCUT2D eigenvalue weighted by Crippen LogP contribution is -2.41. The van der Waals surface area contributed by atoms with Crippen LogP contribution in [0, 0.1) is 0 Å². The summed E-state index contributed by atoms with van der Waals surface area (Å²) in [4.78, 5) is 56.0. The van der Waals surface area contributed by atoms with Crippen molar-refractivity contribution in [2.75, 3.05) is 37.2 Å². The van der Waals surface area contributed by atoms with Crippen molar-refractivity contribution in [3.8, 4) is 0 Å². The second kappa shape index (κ2) is 14.9. The first-order valence-corrected chi connectivity index (χ1v) is 13.8. The molecule has 2 aromatic heterocycles. The number of anilines is 3. The molecular weight excluding hydrogens is 583 g/mol. The van der Waals surface area contributed by atoms with Gasteiger partial charge in [0.1, 0.15) is 6.04 Å². The standard InChI is InChI=1S/C29H33BN8O7/c1-38(21-10-6-18(7-11-21)27(40)35-22(28(41)45-3)12-13-23(39)44-2)16-20-15-32-26-24(34-20)25(31)36-29(37-26)33-14-17-4-8-19(9-5-17)30(42)43/h4-11,15,22,42-43H,12-14,16H2,1-3H3,(H,35,40)(H3,31,32,33,36,37)/t22-/m0/s1. The van der Waals surface area contributed by atoms with Gasteiger partial charge in [-0.05, 0) is 41.7 Å². The van der Waals surface area contributed by atoms with Gasteiger partial charge in [-0.1, -0.05) is 24.3 Å². The van der Waals surface area contributed by atoms with Crippen LogP contribution in [-0.4, -0.2) is 82.3 Å². The van der Waals surface area contributed by atoms with Crippen LogP contribution in [0.4, 0.5) is 17.5 Å². The highest BCUT2D eigenvalue weighted by atomic mass is 16.5. The first kappa shape index (κ1) is 32.6. The van der Waals surface area contributed by atoms with Gasteiger partial charge in [-0.25, -0.2) is 14.8 Å². The number of hydrogen-bond donors (Lipinski definition) is 5. The van der Waals surface area contributed by atoms with Gasteiger partial charge in [-0.2, -0.15) is 9.97 Å². The van der Waals surface area contributed by atoms with E-state index in [1.54, 1.807) is 54.7 Å². The summed E-state index contributed by atoms with van der Waals surface area (Å²) in [7, 11) is 2.77. The molecule has 0 saturated carbocycles. The summed E-state index contributed by atoms with van der Waals surface area (Å²) in [6.07, 6.45) is 1.58. The van der Waals surface area contributed by atoms with E-state index in [1.165, 1.54) is 14.2 Å². The Morgan fingerprint density at radius 3 is 2.36 bits per heavy atom. The predicted octanol–water partition coefficient (Wildman–Crippen LogP) is 0.155. The number of methoxy groups -OCH3 is 2. The second-order valence-electron chi connectivity index (χ2n) is 10.0. The van der Waals surface area contributed by atoms with Crippen molar-refractivity contribution in [3.05, 3.63) is 71.5 Å². The first-order valence-electron chi connectivity index (χ1n) is 13.8. The van der Waals surface area contributed by atoms with Gasteiger partial charge in [-0.15, -0.1) is 0 Å². The number of nitrogens with zero attached hydrogens (tertiary/aromatic N) is 5. The van der Waals surface area contributed by atoms with Crippen molar-refractivity contribution >= 4 is 59.0 Å². The Morgan fingerprint density at radius 2 is 1.71 bits per heavy atom. The number of amides is 1. The van der Waals surface area contributed by atoms with Gasteiger partial charge in [0.2, 0.25) is 5.95 Å². The maximum Gasteiger partial charge on any atom is 0.488 e. The molecule has 0 fully saturated rings. The summed E-state index contributed by atoms with van der Waals surface area (Å²) in [6.45, 7) is 0.745. The van der Waals surface area contributed by atoms with Crippen LogP contribution in [0.15, 0.2) is 54.7 Å². The Labute approximate surface area is 259 Å². The lowest BCUT2D eigenvalue weighted by molar-refractivity contribution is -0.144. The molecule has 45 heavy (non-hydrogen) atoms. The average molecular weight is 616 g/mol. The number of carbonyl (C=O) groups is 3. The molecule has 0 saturated heterocycles. The van der Waals surface area contributed by atoms with Crippen molar-refractivity contribution in [3.63, 3.8) is 0 Å². The maximum atomic E-state index is 12.8. The van der Waals surface area contributed by atoms with Crippen molar-refractivity contribution in [2.24, 2.45) is 0 Å². The number of hydrogen-bond acceptors (Lipinski definition) is 14. The van der Waals surface area contributed by atoms with Gasteiger partial charge in [0.25, 0.3) is 5.91 Å². The minimum Gasteiger partial charge on any atom is -0.469 e. The molecule has 0 aliphatic heterocycles. The van der Waals surface area contributed by atoms with Crippen LogP contribution in [0.5, 0.6) is 0 Å². The third-order valence-electron chi connectivity index (χ3n) is 6.84. The third kappa shape index (κ3) is 8.61. The predicted molar refractivity (Wildman–Crippen MR) is 166 cm³/mol. The fourth-order valence-corrected chi connectivity index (χ4v) is 4.31. The lowest BCUT2D eigenvalue weighted by atomic mass is 9.80. The highest BCUT2D eigenvalue weighted by molar-refractivity contribution is 6.58. The van der Waals surface area contributed by atoms with Crippen LogP contribution in [0.1, 0.15) is 34.5 Å². The Morgan fingerprint density at radius 1 is 1.00 bits per heavy atom. The molecular formula is C29H33BN8O7. The molecule has 0 radical (unpaired) electrons. The zero-order valence-electron chi connectivity index (χ0n) is 24.9. The smallest absolute Gasteiger partial charge is 0.469 e. The van der Waals surface area contributed by atoms with Gasteiger partial charge in [0, 0.05) is 31.3 Å². The molecule has 0 bridgehead atoms. The van der Waals surface area contributed by atoms with Gasteiger partial charge >= 0.3 is 19.1 Å².